The molecule has 3 aromatic rings. The highest BCUT2D eigenvalue weighted by molar-refractivity contribution is 9.10. The SMILES string of the molecule is O=c1cccc(-c2nc3ccc(Br)cc3[nH]2)[nH]1. The molecule has 2 heterocycles. The first kappa shape index (κ1) is 10.3. The van der Waals surface area contributed by atoms with E-state index in [4.69, 9.17) is 0 Å². The Morgan fingerprint density at radius 1 is 1.12 bits per heavy atom. The van der Waals surface area contributed by atoms with Crippen molar-refractivity contribution in [3.8, 4) is 11.5 Å². The van der Waals surface area contributed by atoms with Crippen molar-refractivity contribution in [3.05, 3.63) is 51.2 Å². The Morgan fingerprint density at radius 2 is 2.00 bits per heavy atom. The van der Waals surface area contributed by atoms with Crippen molar-refractivity contribution >= 4 is 27.0 Å². The summed E-state index contributed by atoms with van der Waals surface area (Å²) >= 11 is 3.40. The molecule has 2 N–H and O–H groups in total. The van der Waals surface area contributed by atoms with Crippen molar-refractivity contribution in [1.29, 1.82) is 0 Å². The Hall–Kier alpha value is -1.88. The summed E-state index contributed by atoms with van der Waals surface area (Å²) in [5.41, 5.74) is 2.35. The normalized spacial score (nSPS) is 10.9. The topological polar surface area (TPSA) is 61.5 Å². The molecule has 0 unspecified atom stereocenters. The fourth-order valence-corrected chi connectivity index (χ4v) is 2.06. The molecule has 0 aliphatic rings. The van der Waals surface area contributed by atoms with Gasteiger partial charge in [0.25, 0.3) is 0 Å². The van der Waals surface area contributed by atoms with Crippen LogP contribution in [0.4, 0.5) is 0 Å². The third kappa shape index (κ3) is 1.89. The number of H-pyrrole nitrogens is 2. The van der Waals surface area contributed by atoms with E-state index in [2.05, 4.69) is 30.9 Å². The zero-order chi connectivity index (χ0) is 11.8. The fraction of sp³-hybridized carbons (Fsp3) is 0. The van der Waals surface area contributed by atoms with E-state index in [1.807, 2.05) is 24.3 Å². The van der Waals surface area contributed by atoms with Gasteiger partial charge in [-0.2, -0.15) is 0 Å². The molecule has 0 bridgehead atoms. The van der Waals surface area contributed by atoms with E-state index in [1.165, 1.54) is 6.07 Å². The first-order valence-corrected chi connectivity index (χ1v) is 5.87. The zero-order valence-electron chi connectivity index (χ0n) is 8.70. The van der Waals surface area contributed by atoms with Gasteiger partial charge in [0, 0.05) is 10.5 Å². The summed E-state index contributed by atoms with van der Waals surface area (Å²) in [6.45, 7) is 0. The van der Waals surface area contributed by atoms with Crippen LogP contribution in [0.3, 0.4) is 0 Å². The van der Waals surface area contributed by atoms with Crippen LogP contribution < -0.4 is 5.56 Å². The summed E-state index contributed by atoms with van der Waals surface area (Å²) in [7, 11) is 0. The van der Waals surface area contributed by atoms with E-state index in [0.717, 1.165) is 15.5 Å². The van der Waals surface area contributed by atoms with E-state index in [-0.39, 0.29) is 5.56 Å². The van der Waals surface area contributed by atoms with Crippen molar-refractivity contribution in [2.45, 2.75) is 0 Å². The van der Waals surface area contributed by atoms with Gasteiger partial charge in [0.15, 0.2) is 5.82 Å². The van der Waals surface area contributed by atoms with E-state index < -0.39 is 0 Å². The molecule has 0 spiro atoms. The number of halogens is 1. The Labute approximate surface area is 105 Å². The molecule has 0 fully saturated rings. The second-order valence-corrected chi connectivity index (χ2v) is 4.59. The third-order valence-electron chi connectivity index (χ3n) is 2.47. The van der Waals surface area contributed by atoms with Crippen LogP contribution in [-0.4, -0.2) is 15.0 Å². The molecule has 4 nitrogen and oxygen atoms in total. The molecule has 0 saturated carbocycles. The fourth-order valence-electron chi connectivity index (χ4n) is 1.70. The van der Waals surface area contributed by atoms with Gasteiger partial charge in [-0.3, -0.25) is 4.79 Å². The van der Waals surface area contributed by atoms with Crippen LogP contribution in [0, 0.1) is 0 Å². The third-order valence-corrected chi connectivity index (χ3v) is 2.96. The maximum absolute atomic E-state index is 11.2. The molecule has 0 atom stereocenters. The number of pyridine rings is 1. The highest BCUT2D eigenvalue weighted by atomic mass is 79.9. The van der Waals surface area contributed by atoms with Gasteiger partial charge in [-0.05, 0) is 24.3 Å². The van der Waals surface area contributed by atoms with Crippen LogP contribution in [-0.2, 0) is 0 Å². The number of hydrogen-bond donors (Lipinski definition) is 2. The van der Waals surface area contributed by atoms with Crippen LogP contribution in [0.1, 0.15) is 0 Å². The van der Waals surface area contributed by atoms with Crippen LogP contribution in [0.25, 0.3) is 22.6 Å². The monoisotopic (exact) mass is 289 g/mol. The summed E-state index contributed by atoms with van der Waals surface area (Å²) < 4.78 is 0.988. The zero-order valence-corrected chi connectivity index (χ0v) is 10.3. The van der Waals surface area contributed by atoms with Crippen LogP contribution in [0.2, 0.25) is 0 Å². The number of nitrogens with zero attached hydrogens (tertiary/aromatic N) is 1. The maximum Gasteiger partial charge on any atom is 0.248 e. The second kappa shape index (κ2) is 3.85. The second-order valence-electron chi connectivity index (χ2n) is 3.68. The molecule has 17 heavy (non-hydrogen) atoms. The van der Waals surface area contributed by atoms with E-state index >= 15 is 0 Å². The van der Waals surface area contributed by atoms with Gasteiger partial charge in [0.2, 0.25) is 5.56 Å². The van der Waals surface area contributed by atoms with Crippen molar-refractivity contribution in [1.82, 2.24) is 15.0 Å². The number of rotatable bonds is 1. The van der Waals surface area contributed by atoms with Gasteiger partial charge in [-0.25, -0.2) is 4.98 Å². The number of benzene rings is 1. The van der Waals surface area contributed by atoms with Crippen molar-refractivity contribution in [3.63, 3.8) is 0 Å². The largest absolute Gasteiger partial charge is 0.337 e. The molecule has 1 aromatic carbocycles. The van der Waals surface area contributed by atoms with Crippen molar-refractivity contribution in [2.24, 2.45) is 0 Å². The van der Waals surface area contributed by atoms with Gasteiger partial charge in [0.1, 0.15) is 0 Å². The minimum Gasteiger partial charge on any atom is -0.337 e. The average Bonchev–Trinajstić information content (AvgIpc) is 2.72. The molecular formula is C12H8BrN3O. The molecule has 0 aliphatic carbocycles. The molecule has 84 valence electrons. The van der Waals surface area contributed by atoms with Crippen LogP contribution in [0.15, 0.2) is 45.7 Å². The number of nitrogens with one attached hydrogen (secondary N) is 2. The molecule has 0 aliphatic heterocycles. The maximum atomic E-state index is 11.2. The lowest BCUT2D eigenvalue weighted by atomic mass is 10.3. The van der Waals surface area contributed by atoms with E-state index in [9.17, 15) is 4.79 Å². The van der Waals surface area contributed by atoms with Gasteiger partial charge >= 0.3 is 0 Å². The summed E-state index contributed by atoms with van der Waals surface area (Å²) in [6, 6.07) is 10.8. The lowest BCUT2D eigenvalue weighted by Gasteiger charge is -1.93. The number of imidazole rings is 1. The number of fused-ring (bicyclic) bond motifs is 1. The molecule has 0 saturated heterocycles. The minimum absolute atomic E-state index is 0.135. The highest BCUT2D eigenvalue weighted by Gasteiger charge is 2.05. The Morgan fingerprint density at radius 3 is 2.82 bits per heavy atom. The number of aromatic amines is 2. The van der Waals surface area contributed by atoms with Crippen LogP contribution >= 0.6 is 15.9 Å². The summed E-state index contributed by atoms with van der Waals surface area (Å²) in [6.07, 6.45) is 0. The summed E-state index contributed by atoms with van der Waals surface area (Å²) in [5, 5.41) is 0. The van der Waals surface area contributed by atoms with Crippen molar-refractivity contribution in [2.75, 3.05) is 0 Å². The predicted octanol–water partition coefficient (Wildman–Crippen LogP) is 2.68. The standard InChI is InChI=1S/C12H8BrN3O/c13-7-4-5-8-10(6-7)16-12(15-8)9-2-1-3-11(17)14-9/h1-6H,(H,14,17)(H,15,16). The number of hydrogen-bond acceptors (Lipinski definition) is 2. The van der Waals surface area contributed by atoms with Gasteiger partial charge in [-0.1, -0.05) is 22.0 Å². The van der Waals surface area contributed by atoms with Gasteiger partial charge in [-0.15, -0.1) is 0 Å². The Kier molecular flexibility index (Phi) is 2.33. The quantitative estimate of drug-likeness (QED) is 0.723. The highest BCUT2D eigenvalue weighted by Crippen LogP contribution is 2.21. The van der Waals surface area contributed by atoms with E-state index in [0.29, 0.717) is 11.5 Å². The molecule has 0 radical (unpaired) electrons. The van der Waals surface area contributed by atoms with Crippen molar-refractivity contribution < 1.29 is 0 Å². The first-order valence-electron chi connectivity index (χ1n) is 5.07. The lowest BCUT2D eigenvalue weighted by Crippen LogP contribution is -2.03. The average molecular weight is 290 g/mol. The minimum atomic E-state index is -0.135. The molecule has 0 amide bonds. The van der Waals surface area contributed by atoms with Crippen LogP contribution in [0.5, 0.6) is 0 Å². The Balaban J connectivity index is 2.21. The number of aromatic nitrogens is 3. The Bertz CT molecular complexity index is 745. The molecule has 2 aromatic heterocycles. The smallest absolute Gasteiger partial charge is 0.248 e. The summed E-state index contributed by atoms with van der Waals surface area (Å²) in [4.78, 5) is 21.6. The van der Waals surface area contributed by atoms with E-state index in [1.54, 1.807) is 6.07 Å². The van der Waals surface area contributed by atoms with Gasteiger partial charge < -0.3 is 9.97 Å². The molecule has 5 heteroatoms. The lowest BCUT2D eigenvalue weighted by molar-refractivity contribution is 1.19. The predicted molar refractivity (Wildman–Crippen MR) is 69.9 cm³/mol. The van der Waals surface area contributed by atoms with Gasteiger partial charge in [0.05, 0.1) is 16.7 Å². The first-order chi connectivity index (χ1) is 8.22. The molecular weight excluding hydrogens is 282 g/mol. The molecule has 3 rings (SSSR count). The summed E-state index contributed by atoms with van der Waals surface area (Å²) in [5.74, 6) is 0.663.